The molecule has 1 aliphatic carbocycles. The topological polar surface area (TPSA) is 70.1 Å². The van der Waals surface area contributed by atoms with Gasteiger partial charge in [-0.1, -0.05) is 0 Å². The summed E-state index contributed by atoms with van der Waals surface area (Å²) in [7, 11) is 0. The average Bonchev–Trinajstić information content (AvgIpc) is 2.74. The van der Waals surface area contributed by atoms with Crippen molar-refractivity contribution < 1.29 is 9.53 Å². The highest BCUT2D eigenvalue weighted by Crippen LogP contribution is 2.20. The van der Waals surface area contributed by atoms with Gasteiger partial charge in [0, 0.05) is 18.4 Å². The van der Waals surface area contributed by atoms with Gasteiger partial charge in [-0.3, -0.25) is 0 Å². The minimum absolute atomic E-state index is 0.0136. The summed E-state index contributed by atoms with van der Waals surface area (Å²) in [5, 5.41) is 0. The lowest BCUT2D eigenvalue weighted by molar-refractivity contribution is 0.0729. The van der Waals surface area contributed by atoms with Crippen LogP contribution in [0.25, 0.3) is 0 Å². The Morgan fingerprint density at radius 2 is 2.13 bits per heavy atom. The zero-order valence-corrected chi connectivity index (χ0v) is 8.50. The van der Waals surface area contributed by atoms with E-state index in [1.165, 1.54) is 10.9 Å². The molecule has 1 aliphatic rings. The molecule has 0 atom stereocenters. The summed E-state index contributed by atoms with van der Waals surface area (Å²) in [6, 6.07) is 0.271. The molecule has 15 heavy (non-hydrogen) atoms. The molecule has 2 rings (SSSR count). The van der Waals surface area contributed by atoms with E-state index in [9.17, 15) is 4.79 Å². The van der Waals surface area contributed by atoms with Crippen molar-refractivity contribution in [2.75, 3.05) is 0 Å². The van der Waals surface area contributed by atoms with Crippen LogP contribution < -0.4 is 5.73 Å². The number of carbonyl (C=O) groups is 1. The van der Waals surface area contributed by atoms with Gasteiger partial charge in [-0.25, -0.2) is 14.3 Å². The SMILES string of the molecule is NC1CCC(OC(=O)n2ccnc2)CC1. The van der Waals surface area contributed by atoms with Crippen LogP contribution in [0.15, 0.2) is 18.7 Å². The average molecular weight is 209 g/mol. The number of carbonyl (C=O) groups excluding carboxylic acids is 1. The van der Waals surface area contributed by atoms with E-state index in [1.807, 2.05) is 0 Å². The smallest absolute Gasteiger partial charge is 0.419 e. The van der Waals surface area contributed by atoms with E-state index in [0.29, 0.717) is 0 Å². The number of hydrogen-bond donors (Lipinski definition) is 1. The Labute approximate surface area is 88.2 Å². The molecule has 1 aromatic rings. The van der Waals surface area contributed by atoms with Crippen molar-refractivity contribution >= 4 is 6.09 Å². The van der Waals surface area contributed by atoms with E-state index in [4.69, 9.17) is 10.5 Å². The van der Waals surface area contributed by atoms with Gasteiger partial charge in [0.05, 0.1) is 0 Å². The van der Waals surface area contributed by atoms with E-state index in [0.717, 1.165) is 25.7 Å². The molecule has 0 bridgehead atoms. The number of nitrogens with two attached hydrogens (primary N) is 1. The second-order valence-electron chi connectivity index (χ2n) is 3.89. The van der Waals surface area contributed by atoms with E-state index in [2.05, 4.69) is 4.98 Å². The van der Waals surface area contributed by atoms with Gasteiger partial charge in [-0.05, 0) is 25.7 Å². The Balaban J connectivity index is 1.85. The summed E-state index contributed by atoms with van der Waals surface area (Å²) in [5.41, 5.74) is 5.77. The zero-order valence-electron chi connectivity index (χ0n) is 8.50. The second kappa shape index (κ2) is 4.44. The predicted octanol–water partition coefficient (Wildman–Crippen LogP) is 1.14. The van der Waals surface area contributed by atoms with Crippen LogP contribution in [0.1, 0.15) is 25.7 Å². The highest BCUT2D eigenvalue weighted by atomic mass is 16.6. The molecule has 1 aromatic heterocycles. The first kappa shape index (κ1) is 10.2. The number of aromatic nitrogens is 2. The van der Waals surface area contributed by atoms with E-state index in [-0.39, 0.29) is 18.2 Å². The molecular weight excluding hydrogens is 194 g/mol. The van der Waals surface area contributed by atoms with Crippen LogP contribution in [0.4, 0.5) is 4.79 Å². The van der Waals surface area contributed by atoms with Crippen molar-refractivity contribution in [2.24, 2.45) is 5.73 Å². The molecule has 0 aromatic carbocycles. The third-order valence-electron chi connectivity index (χ3n) is 2.70. The Morgan fingerprint density at radius 1 is 1.40 bits per heavy atom. The van der Waals surface area contributed by atoms with Crippen molar-refractivity contribution in [1.82, 2.24) is 9.55 Å². The molecule has 0 amide bonds. The molecule has 1 fully saturated rings. The summed E-state index contributed by atoms with van der Waals surface area (Å²) in [6.45, 7) is 0. The molecule has 2 N–H and O–H groups in total. The standard InChI is InChI=1S/C10H15N3O2/c11-8-1-3-9(4-2-8)15-10(14)13-6-5-12-7-13/h5-9H,1-4,11H2. The van der Waals surface area contributed by atoms with Gasteiger partial charge in [0.1, 0.15) is 12.4 Å². The van der Waals surface area contributed by atoms with E-state index < -0.39 is 0 Å². The van der Waals surface area contributed by atoms with Gasteiger partial charge in [0.15, 0.2) is 0 Å². The van der Waals surface area contributed by atoms with Crippen molar-refractivity contribution in [3.05, 3.63) is 18.7 Å². The Morgan fingerprint density at radius 3 is 2.73 bits per heavy atom. The second-order valence-corrected chi connectivity index (χ2v) is 3.89. The number of imidazole rings is 1. The van der Waals surface area contributed by atoms with Gasteiger partial charge in [0.25, 0.3) is 0 Å². The lowest BCUT2D eigenvalue weighted by atomic mass is 9.94. The maximum Gasteiger partial charge on any atom is 0.419 e. The van der Waals surface area contributed by atoms with Gasteiger partial charge < -0.3 is 10.5 Å². The molecule has 0 spiro atoms. The van der Waals surface area contributed by atoms with Crippen LogP contribution >= 0.6 is 0 Å². The zero-order chi connectivity index (χ0) is 10.7. The first-order chi connectivity index (χ1) is 7.25. The maximum absolute atomic E-state index is 11.5. The fourth-order valence-electron chi connectivity index (χ4n) is 1.78. The predicted molar refractivity (Wildman–Crippen MR) is 54.3 cm³/mol. The lowest BCUT2D eigenvalue weighted by Gasteiger charge is -2.25. The summed E-state index contributed by atoms with van der Waals surface area (Å²) in [6.07, 6.45) is 7.83. The number of rotatable bonds is 1. The molecule has 0 aliphatic heterocycles. The van der Waals surface area contributed by atoms with Gasteiger partial charge in [-0.2, -0.15) is 0 Å². The molecule has 0 saturated heterocycles. The van der Waals surface area contributed by atoms with Gasteiger partial charge in [0.2, 0.25) is 0 Å². The molecular formula is C10H15N3O2. The maximum atomic E-state index is 11.5. The minimum atomic E-state index is -0.354. The summed E-state index contributed by atoms with van der Waals surface area (Å²) in [5.74, 6) is 0. The Bertz CT molecular complexity index is 315. The normalized spacial score (nSPS) is 26.2. The van der Waals surface area contributed by atoms with Crippen LogP contribution in [-0.4, -0.2) is 27.8 Å². The van der Waals surface area contributed by atoms with E-state index in [1.54, 1.807) is 12.4 Å². The molecule has 5 nitrogen and oxygen atoms in total. The highest BCUT2D eigenvalue weighted by Gasteiger charge is 2.22. The molecule has 82 valence electrons. The molecule has 0 unspecified atom stereocenters. The first-order valence-corrected chi connectivity index (χ1v) is 5.20. The van der Waals surface area contributed by atoms with Crippen LogP contribution in [0.2, 0.25) is 0 Å². The third kappa shape index (κ3) is 2.56. The Kier molecular flexibility index (Phi) is 3.01. The first-order valence-electron chi connectivity index (χ1n) is 5.20. The number of ether oxygens (including phenoxy) is 1. The van der Waals surface area contributed by atoms with Crippen LogP contribution in [0.3, 0.4) is 0 Å². The quantitative estimate of drug-likeness (QED) is 0.752. The fourth-order valence-corrected chi connectivity index (χ4v) is 1.78. The summed E-state index contributed by atoms with van der Waals surface area (Å²) >= 11 is 0. The van der Waals surface area contributed by atoms with Crippen molar-refractivity contribution in [2.45, 2.75) is 37.8 Å². The minimum Gasteiger partial charge on any atom is -0.446 e. The summed E-state index contributed by atoms with van der Waals surface area (Å²) in [4.78, 5) is 15.3. The highest BCUT2D eigenvalue weighted by molar-refractivity contribution is 5.70. The fraction of sp³-hybridized carbons (Fsp3) is 0.600. The number of hydrogen-bond acceptors (Lipinski definition) is 4. The number of nitrogens with zero attached hydrogens (tertiary/aromatic N) is 2. The molecule has 1 heterocycles. The monoisotopic (exact) mass is 209 g/mol. The third-order valence-corrected chi connectivity index (χ3v) is 2.70. The van der Waals surface area contributed by atoms with Crippen LogP contribution in [0.5, 0.6) is 0 Å². The molecule has 1 saturated carbocycles. The van der Waals surface area contributed by atoms with Crippen LogP contribution in [0, 0.1) is 0 Å². The lowest BCUT2D eigenvalue weighted by Crippen LogP contribution is -2.32. The largest absolute Gasteiger partial charge is 0.446 e. The van der Waals surface area contributed by atoms with Gasteiger partial charge >= 0.3 is 6.09 Å². The molecule has 0 radical (unpaired) electrons. The van der Waals surface area contributed by atoms with E-state index >= 15 is 0 Å². The van der Waals surface area contributed by atoms with Crippen molar-refractivity contribution in [3.63, 3.8) is 0 Å². The summed E-state index contributed by atoms with van der Waals surface area (Å²) < 4.78 is 6.65. The molecule has 5 heteroatoms. The van der Waals surface area contributed by atoms with Crippen molar-refractivity contribution in [1.29, 1.82) is 0 Å². The Hall–Kier alpha value is -1.36. The van der Waals surface area contributed by atoms with Crippen molar-refractivity contribution in [3.8, 4) is 0 Å². The van der Waals surface area contributed by atoms with Gasteiger partial charge in [-0.15, -0.1) is 0 Å². The van der Waals surface area contributed by atoms with Crippen LogP contribution in [-0.2, 0) is 4.74 Å².